The minimum absolute atomic E-state index is 0.0288. The largest absolute Gasteiger partial charge is 0.496 e. The van der Waals surface area contributed by atoms with Gasteiger partial charge in [0, 0.05) is 53.4 Å². The summed E-state index contributed by atoms with van der Waals surface area (Å²) < 4.78 is 6.20. The number of ether oxygens (including phenoxy) is 1. The third-order valence-corrected chi connectivity index (χ3v) is 5.39. The maximum atomic E-state index is 12.6. The number of anilines is 1. The molecule has 0 saturated carbocycles. The van der Waals surface area contributed by atoms with Crippen LogP contribution in [-0.4, -0.2) is 49.0 Å². The normalized spacial score (nSPS) is 14.3. The van der Waals surface area contributed by atoms with Gasteiger partial charge in [-0.15, -0.1) is 0 Å². The first-order chi connectivity index (χ1) is 13.9. The van der Waals surface area contributed by atoms with Crippen LogP contribution in [-0.2, 0) is 4.79 Å². The molecule has 1 saturated heterocycles. The van der Waals surface area contributed by atoms with E-state index in [4.69, 9.17) is 16.3 Å². The maximum absolute atomic E-state index is 12.6. The van der Waals surface area contributed by atoms with Crippen molar-refractivity contribution in [1.29, 1.82) is 0 Å². The molecule has 0 unspecified atom stereocenters. The molecule has 1 aliphatic rings. The lowest BCUT2D eigenvalue weighted by Crippen LogP contribution is -2.48. The van der Waals surface area contributed by atoms with Crippen molar-refractivity contribution in [2.75, 3.05) is 38.2 Å². The van der Waals surface area contributed by atoms with Crippen LogP contribution in [0.25, 0.3) is 6.08 Å². The summed E-state index contributed by atoms with van der Waals surface area (Å²) in [5, 5.41) is 11.6. The van der Waals surface area contributed by atoms with E-state index >= 15 is 0 Å². The number of piperazine rings is 1. The minimum atomic E-state index is -0.438. The average Bonchev–Trinajstić information content (AvgIpc) is 2.72. The molecular formula is C20H19BrClN3O4. The predicted molar refractivity (Wildman–Crippen MR) is 117 cm³/mol. The number of nitro groups is 1. The second-order valence-corrected chi connectivity index (χ2v) is 7.77. The SMILES string of the molecule is COc1ccc(Br)cc1C=CC(=O)N1CCN(c2ccc(Cl)cc2[N+](=O)[O-])CC1. The van der Waals surface area contributed by atoms with Crippen molar-refractivity contribution in [1.82, 2.24) is 4.90 Å². The van der Waals surface area contributed by atoms with Gasteiger partial charge in [0.2, 0.25) is 5.91 Å². The van der Waals surface area contributed by atoms with E-state index in [9.17, 15) is 14.9 Å². The van der Waals surface area contributed by atoms with Crippen LogP contribution in [0.3, 0.4) is 0 Å². The number of benzene rings is 2. The van der Waals surface area contributed by atoms with E-state index < -0.39 is 4.92 Å². The summed E-state index contributed by atoms with van der Waals surface area (Å²) in [6, 6.07) is 10.2. The molecule has 1 aliphatic heterocycles. The third kappa shape index (κ3) is 5.07. The Kier molecular flexibility index (Phi) is 6.76. The van der Waals surface area contributed by atoms with Crippen molar-refractivity contribution in [3.05, 3.63) is 67.6 Å². The molecule has 0 radical (unpaired) electrons. The summed E-state index contributed by atoms with van der Waals surface area (Å²) in [7, 11) is 1.58. The Morgan fingerprint density at radius 3 is 2.59 bits per heavy atom. The number of carbonyl (C=O) groups is 1. The molecule has 1 heterocycles. The predicted octanol–water partition coefficient (Wildman–Crippen LogP) is 4.38. The number of halogens is 2. The number of methoxy groups -OCH3 is 1. The van der Waals surface area contributed by atoms with Gasteiger partial charge in [0.05, 0.1) is 12.0 Å². The first-order valence-electron chi connectivity index (χ1n) is 8.88. The summed E-state index contributed by atoms with van der Waals surface area (Å²) in [6.45, 7) is 1.95. The van der Waals surface area contributed by atoms with Gasteiger partial charge >= 0.3 is 0 Å². The second-order valence-electron chi connectivity index (χ2n) is 6.42. The first kappa shape index (κ1) is 21.1. The molecule has 9 heteroatoms. The van der Waals surface area contributed by atoms with Crippen LogP contribution >= 0.6 is 27.5 Å². The van der Waals surface area contributed by atoms with Gasteiger partial charge in [0.25, 0.3) is 5.69 Å². The number of carbonyl (C=O) groups excluding carboxylic acids is 1. The summed E-state index contributed by atoms with van der Waals surface area (Å²) in [5.74, 6) is 0.564. The molecule has 0 spiro atoms. The van der Waals surface area contributed by atoms with Crippen molar-refractivity contribution >= 4 is 50.9 Å². The third-order valence-electron chi connectivity index (χ3n) is 4.66. The molecular weight excluding hydrogens is 462 g/mol. The van der Waals surface area contributed by atoms with E-state index in [-0.39, 0.29) is 11.6 Å². The number of nitrogens with zero attached hydrogens (tertiary/aromatic N) is 3. The second kappa shape index (κ2) is 9.28. The molecule has 0 N–H and O–H groups in total. The highest BCUT2D eigenvalue weighted by molar-refractivity contribution is 9.10. The average molecular weight is 481 g/mol. The first-order valence-corrected chi connectivity index (χ1v) is 10.1. The minimum Gasteiger partial charge on any atom is -0.496 e. The highest BCUT2D eigenvalue weighted by atomic mass is 79.9. The van der Waals surface area contributed by atoms with Gasteiger partial charge in [0.15, 0.2) is 0 Å². The van der Waals surface area contributed by atoms with Crippen molar-refractivity contribution in [2.45, 2.75) is 0 Å². The van der Waals surface area contributed by atoms with Gasteiger partial charge in [-0.1, -0.05) is 27.5 Å². The Bertz CT molecular complexity index is 959. The van der Waals surface area contributed by atoms with Crippen LogP contribution < -0.4 is 9.64 Å². The van der Waals surface area contributed by atoms with Crippen LogP contribution in [0.2, 0.25) is 5.02 Å². The Morgan fingerprint density at radius 1 is 1.21 bits per heavy atom. The lowest BCUT2D eigenvalue weighted by Gasteiger charge is -2.35. The van der Waals surface area contributed by atoms with Crippen molar-refractivity contribution in [3.63, 3.8) is 0 Å². The Balaban J connectivity index is 1.66. The van der Waals surface area contributed by atoms with Gasteiger partial charge in [-0.25, -0.2) is 0 Å². The number of amides is 1. The van der Waals surface area contributed by atoms with E-state index in [1.165, 1.54) is 12.1 Å². The molecule has 2 aromatic rings. The van der Waals surface area contributed by atoms with Gasteiger partial charge in [0.1, 0.15) is 11.4 Å². The van der Waals surface area contributed by atoms with Crippen LogP contribution in [0.5, 0.6) is 5.75 Å². The smallest absolute Gasteiger partial charge is 0.294 e. The van der Waals surface area contributed by atoms with E-state index in [2.05, 4.69) is 15.9 Å². The van der Waals surface area contributed by atoms with Crippen molar-refractivity contribution in [3.8, 4) is 5.75 Å². The van der Waals surface area contributed by atoms with Crippen molar-refractivity contribution < 1.29 is 14.5 Å². The number of hydrogen-bond donors (Lipinski definition) is 0. The molecule has 1 amide bonds. The molecule has 0 bridgehead atoms. The fourth-order valence-corrected chi connectivity index (χ4v) is 3.73. The lowest BCUT2D eigenvalue weighted by molar-refractivity contribution is -0.384. The molecule has 1 fully saturated rings. The van der Waals surface area contributed by atoms with E-state index in [1.807, 2.05) is 23.1 Å². The molecule has 7 nitrogen and oxygen atoms in total. The molecule has 29 heavy (non-hydrogen) atoms. The molecule has 152 valence electrons. The Hall–Kier alpha value is -2.58. The highest BCUT2D eigenvalue weighted by Gasteiger charge is 2.25. The zero-order valence-corrected chi connectivity index (χ0v) is 18.0. The van der Waals surface area contributed by atoms with Crippen LogP contribution in [0.1, 0.15) is 5.56 Å². The van der Waals surface area contributed by atoms with E-state index in [0.717, 1.165) is 10.0 Å². The topological polar surface area (TPSA) is 75.9 Å². The number of hydrogen-bond acceptors (Lipinski definition) is 5. The van der Waals surface area contributed by atoms with E-state index in [0.29, 0.717) is 42.6 Å². The Morgan fingerprint density at radius 2 is 1.93 bits per heavy atom. The zero-order valence-electron chi connectivity index (χ0n) is 15.7. The molecule has 0 aromatic heterocycles. The summed E-state index contributed by atoms with van der Waals surface area (Å²) in [5.41, 5.74) is 1.28. The fraction of sp³-hybridized carbons (Fsp3) is 0.250. The van der Waals surface area contributed by atoms with Crippen LogP contribution in [0.15, 0.2) is 46.9 Å². The molecule has 3 rings (SSSR count). The van der Waals surface area contributed by atoms with Crippen LogP contribution in [0, 0.1) is 10.1 Å². The van der Waals surface area contributed by atoms with Gasteiger partial charge in [-0.05, 0) is 36.4 Å². The van der Waals surface area contributed by atoms with Gasteiger partial charge in [-0.3, -0.25) is 14.9 Å². The molecule has 2 aromatic carbocycles. The van der Waals surface area contributed by atoms with E-state index in [1.54, 1.807) is 30.2 Å². The highest BCUT2D eigenvalue weighted by Crippen LogP contribution is 2.31. The van der Waals surface area contributed by atoms with Gasteiger partial charge < -0.3 is 14.5 Å². The quantitative estimate of drug-likeness (QED) is 0.361. The maximum Gasteiger partial charge on any atom is 0.294 e. The van der Waals surface area contributed by atoms with Crippen molar-refractivity contribution in [2.24, 2.45) is 0 Å². The van der Waals surface area contributed by atoms with Gasteiger partial charge in [-0.2, -0.15) is 0 Å². The number of rotatable bonds is 5. The molecule has 0 atom stereocenters. The summed E-state index contributed by atoms with van der Waals surface area (Å²) >= 11 is 9.30. The Labute approximate surface area is 181 Å². The summed E-state index contributed by atoms with van der Waals surface area (Å²) in [6.07, 6.45) is 3.24. The summed E-state index contributed by atoms with van der Waals surface area (Å²) in [4.78, 5) is 27.1. The monoisotopic (exact) mass is 479 g/mol. The fourth-order valence-electron chi connectivity index (χ4n) is 3.18. The van der Waals surface area contributed by atoms with Crippen LogP contribution in [0.4, 0.5) is 11.4 Å². The zero-order chi connectivity index (χ0) is 21.0. The molecule has 0 aliphatic carbocycles. The number of nitro benzene ring substituents is 1. The standard InChI is InChI=1S/C20H19BrClN3O4/c1-29-19-6-3-15(21)12-14(19)2-7-20(26)24-10-8-23(9-11-24)17-5-4-16(22)13-18(17)25(27)28/h2-7,12-13H,8-11H2,1H3. The lowest BCUT2D eigenvalue weighted by atomic mass is 10.1.